The summed E-state index contributed by atoms with van der Waals surface area (Å²) >= 11 is 0. The molecule has 0 aromatic heterocycles. The summed E-state index contributed by atoms with van der Waals surface area (Å²) in [5.41, 5.74) is 2.55. The van der Waals surface area contributed by atoms with Gasteiger partial charge in [-0.3, -0.25) is 9.69 Å². The molecule has 3 aliphatic rings. The Morgan fingerprint density at radius 3 is 2.54 bits per heavy atom. The number of carbonyl (C=O) groups is 1. The van der Waals surface area contributed by atoms with Gasteiger partial charge in [0.05, 0.1) is 43.5 Å². The van der Waals surface area contributed by atoms with Crippen LogP contribution in [0.1, 0.15) is 41.5 Å². The number of aliphatic hydroxyl groups is 1. The van der Waals surface area contributed by atoms with Gasteiger partial charge < -0.3 is 19.5 Å². The number of hydrogen-bond donors (Lipinski definition) is 1. The number of halogens is 3. The highest BCUT2D eigenvalue weighted by Gasteiger charge is 2.39. The van der Waals surface area contributed by atoms with E-state index in [2.05, 4.69) is 17.0 Å². The largest absolute Gasteiger partial charge is 0.416 e. The van der Waals surface area contributed by atoms with Crippen LogP contribution in [0.2, 0.25) is 0 Å². The maximum Gasteiger partial charge on any atom is 0.416 e. The molecule has 0 bridgehead atoms. The Morgan fingerprint density at radius 2 is 1.78 bits per heavy atom. The molecule has 9 heteroatoms. The van der Waals surface area contributed by atoms with Crippen LogP contribution in [0.4, 0.5) is 13.2 Å². The number of ether oxygens (including phenoxy) is 2. The number of carbonyl (C=O) groups excluding carboxylic acids is 1. The smallest absolute Gasteiger partial charge is 0.389 e. The van der Waals surface area contributed by atoms with Crippen LogP contribution in [0.3, 0.4) is 0 Å². The Balaban J connectivity index is 1.22. The molecule has 3 heterocycles. The summed E-state index contributed by atoms with van der Waals surface area (Å²) < 4.78 is 51.0. The summed E-state index contributed by atoms with van der Waals surface area (Å²) in [7, 11) is 0. The van der Waals surface area contributed by atoms with Crippen molar-refractivity contribution in [3.8, 4) is 0 Å². The second-order valence-electron chi connectivity index (χ2n) is 10.3. The first-order chi connectivity index (χ1) is 17.8. The molecule has 0 unspecified atom stereocenters. The molecule has 2 fully saturated rings. The molecule has 2 saturated heterocycles. The van der Waals surface area contributed by atoms with Gasteiger partial charge in [0.25, 0.3) is 0 Å². The third-order valence-corrected chi connectivity index (χ3v) is 7.64. The molecule has 5 rings (SSSR count). The van der Waals surface area contributed by atoms with Crippen molar-refractivity contribution in [2.24, 2.45) is 0 Å². The van der Waals surface area contributed by atoms with Crippen LogP contribution in [0.25, 0.3) is 0 Å². The number of rotatable bonds is 4. The maximum absolute atomic E-state index is 13.1. The molecule has 2 aromatic rings. The van der Waals surface area contributed by atoms with Gasteiger partial charge in [0, 0.05) is 32.2 Å². The first-order valence-electron chi connectivity index (χ1n) is 12.9. The van der Waals surface area contributed by atoms with Gasteiger partial charge >= 0.3 is 6.18 Å². The maximum atomic E-state index is 13.1. The molecule has 0 saturated carbocycles. The van der Waals surface area contributed by atoms with E-state index in [4.69, 9.17) is 9.47 Å². The number of amides is 1. The monoisotopic (exact) mass is 518 g/mol. The van der Waals surface area contributed by atoms with Gasteiger partial charge in [0.1, 0.15) is 0 Å². The standard InChI is InChI=1S/C28H33F3N2O4/c29-28(30,31)22-7-5-19(6-8-22)14-33-16-23(34)17-36-18-26-25(33)10-9-24(37-26)13-27(35)32-12-11-20-3-1-2-4-21(20)15-32/h1-8,23-26,34H,9-18H2/t23-,24-,25-,26+/m1/s1. The van der Waals surface area contributed by atoms with Crippen molar-refractivity contribution in [1.82, 2.24) is 9.80 Å². The minimum absolute atomic E-state index is 0.0644. The van der Waals surface area contributed by atoms with E-state index >= 15 is 0 Å². The molecule has 2 aromatic carbocycles. The van der Waals surface area contributed by atoms with Crippen molar-refractivity contribution < 1.29 is 32.5 Å². The first kappa shape index (κ1) is 26.2. The lowest BCUT2D eigenvalue weighted by atomic mass is 9.93. The molecule has 4 atom stereocenters. The summed E-state index contributed by atoms with van der Waals surface area (Å²) in [5, 5.41) is 10.4. The van der Waals surface area contributed by atoms with Crippen LogP contribution >= 0.6 is 0 Å². The molecule has 3 aliphatic heterocycles. The highest BCUT2D eigenvalue weighted by molar-refractivity contribution is 5.77. The van der Waals surface area contributed by atoms with Gasteiger partial charge in [-0.15, -0.1) is 0 Å². The Hall–Kier alpha value is -2.46. The highest BCUT2D eigenvalue weighted by atomic mass is 19.4. The highest BCUT2D eigenvalue weighted by Crippen LogP contribution is 2.32. The summed E-state index contributed by atoms with van der Waals surface area (Å²) in [6, 6.07) is 13.3. The van der Waals surface area contributed by atoms with Crippen molar-refractivity contribution in [3.63, 3.8) is 0 Å². The second-order valence-corrected chi connectivity index (χ2v) is 10.3. The lowest BCUT2D eigenvalue weighted by molar-refractivity contribution is -0.161. The first-order valence-corrected chi connectivity index (χ1v) is 12.9. The number of benzene rings is 2. The van der Waals surface area contributed by atoms with E-state index in [-0.39, 0.29) is 30.8 Å². The number of fused-ring (bicyclic) bond motifs is 2. The normalized spacial score (nSPS) is 27.1. The summed E-state index contributed by atoms with van der Waals surface area (Å²) in [5.74, 6) is 0.0850. The van der Waals surface area contributed by atoms with Gasteiger partial charge in [-0.25, -0.2) is 0 Å². The van der Waals surface area contributed by atoms with Gasteiger partial charge in [0.15, 0.2) is 0 Å². The van der Waals surface area contributed by atoms with E-state index < -0.39 is 17.8 Å². The number of nitrogens with zero attached hydrogens (tertiary/aromatic N) is 2. The molecule has 0 spiro atoms. The van der Waals surface area contributed by atoms with Crippen LogP contribution in [0.5, 0.6) is 0 Å². The number of hydrogen-bond acceptors (Lipinski definition) is 5. The summed E-state index contributed by atoms with van der Waals surface area (Å²) in [6.07, 6.45) is -2.96. The van der Waals surface area contributed by atoms with Crippen molar-refractivity contribution in [3.05, 3.63) is 70.8 Å². The van der Waals surface area contributed by atoms with Crippen LogP contribution in [-0.2, 0) is 40.0 Å². The zero-order valence-electron chi connectivity index (χ0n) is 20.7. The van der Waals surface area contributed by atoms with E-state index in [1.165, 1.54) is 23.3 Å². The SMILES string of the molecule is O=C(C[C@H]1CC[C@@H]2[C@H](COC[C@H](O)CN2Cc2ccc(C(F)(F)F)cc2)O1)N1CCc2ccccc2C1. The number of alkyl halides is 3. The quantitative estimate of drug-likeness (QED) is 0.668. The Kier molecular flexibility index (Phi) is 7.85. The zero-order chi connectivity index (χ0) is 26.0. The van der Waals surface area contributed by atoms with Crippen molar-refractivity contribution >= 4 is 5.91 Å². The topological polar surface area (TPSA) is 62.2 Å². The summed E-state index contributed by atoms with van der Waals surface area (Å²) in [4.78, 5) is 17.1. The summed E-state index contributed by atoms with van der Waals surface area (Å²) in [6.45, 7) is 2.52. The number of aliphatic hydroxyl groups excluding tert-OH is 1. The Bertz CT molecular complexity index is 1080. The fourth-order valence-corrected chi connectivity index (χ4v) is 5.69. The third-order valence-electron chi connectivity index (χ3n) is 7.64. The predicted octanol–water partition coefficient (Wildman–Crippen LogP) is 3.79. The average Bonchev–Trinajstić information content (AvgIpc) is 2.87. The van der Waals surface area contributed by atoms with Gasteiger partial charge in [-0.1, -0.05) is 36.4 Å². The molecule has 37 heavy (non-hydrogen) atoms. The van der Waals surface area contributed by atoms with Gasteiger partial charge in [-0.05, 0) is 48.1 Å². The van der Waals surface area contributed by atoms with E-state index in [0.717, 1.165) is 30.5 Å². The second kappa shape index (κ2) is 11.1. The van der Waals surface area contributed by atoms with Crippen LogP contribution < -0.4 is 0 Å². The van der Waals surface area contributed by atoms with Crippen molar-refractivity contribution in [2.75, 3.05) is 26.3 Å². The Morgan fingerprint density at radius 1 is 1.03 bits per heavy atom. The molecular weight excluding hydrogens is 485 g/mol. The van der Waals surface area contributed by atoms with Crippen LogP contribution in [0, 0.1) is 0 Å². The molecular formula is C28H33F3N2O4. The van der Waals surface area contributed by atoms with Gasteiger partial charge in [-0.2, -0.15) is 13.2 Å². The molecule has 1 amide bonds. The lowest BCUT2D eigenvalue weighted by Gasteiger charge is -2.44. The fourth-order valence-electron chi connectivity index (χ4n) is 5.69. The number of β-amino-alcohol motifs (C(OH)–C–C–N with tert-alkyl or cyclic N) is 1. The van der Waals surface area contributed by atoms with E-state index in [9.17, 15) is 23.1 Å². The minimum atomic E-state index is -4.38. The predicted molar refractivity (Wildman–Crippen MR) is 131 cm³/mol. The van der Waals surface area contributed by atoms with Gasteiger partial charge in [0.2, 0.25) is 5.91 Å². The fraction of sp³-hybridized carbons (Fsp3) is 0.536. The van der Waals surface area contributed by atoms with Crippen molar-refractivity contribution in [2.45, 2.75) is 69.3 Å². The third kappa shape index (κ3) is 6.34. The van der Waals surface area contributed by atoms with Crippen molar-refractivity contribution in [1.29, 1.82) is 0 Å². The minimum Gasteiger partial charge on any atom is -0.389 e. The van der Waals surface area contributed by atoms with E-state index in [0.29, 0.717) is 45.6 Å². The molecule has 0 radical (unpaired) electrons. The Labute approximate surface area is 215 Å². The molecule has 0 aliphatic carbocycles. The van der Waals surface area contributed by atoms with Crippen LogP contribution in [-0.4, -0.2) is 71.5 Å². The average molecular weight is 519 g/mol. The lowest BCUT2D eigenvalue weighted by Crippen LogP contribution is -2.55. The molecule has 6 nitrogen and oxygen atoms in total. The zero-order valence-corrected chi connectivity index (χ0v) is 20.7. The van der Waals surface area contributed by atoms with E-state index in [1.807, 2.05) is 17.0 Å². The van der Waals surface area contributed by atoms with Crippen LogP contribution in [0.15, 0.2) is 48.5 Å². The molecule has 1 N–H and O–H groups in total. The molecule has 200 valence electrons. The van der Waals surface area contributed by atoms with E-state index in [1.54, 1.807) is 0 Å².